The van der Waals surface area contributed by atoms with Gasteiger partial charge in [-0.3, -0.25) is 0 Å². The summed E-state index contributed by atoms with van der Waals surface area (Å²) in [6.45, 7) is 7.39. The van der Waals surface area contributed by atoms with E-state index in [0.29, 0.717) is 6.04 Å². The number of aromatic nitrogens is 1. The van der Waals surface area contributed by atoms with Crippen molar-refractivity contribution in [1.82, 2.24) is 10.3 Å². The summed E-state index contributed by atoms with van der Waals surface area (Å²) in [5.74, 6) is 1.08. The first-order valence-electron chi connectivity index (χ1n) is 5.47. The average molecular weight is 228 g/mol. The lowest BCUT2D eigenvalue weighted by Crippen LogP contribution is -2.23. The van der Waals surface area contributed by atoms with E-state index in [9.17, 15) is 0 Å². The van der Waals surface area contributed by atoms with Crippen molar-refractivity contribution in [3.05, 3.63) is 12.0 Å². The fourth-order valence-electron chi connectivity index (χ4n) is 1.18. The van der Waals surface area contributed by atoms with Gasteiger partial charge in [0.2, 0.25) is 0 Å². The Bertz CT molecular complexity index is 273. The molecule has 1 heterocycles. The molecule has 1 aromatic heterocycles. The third-order valence-electron chi connectivity index (χ3n) is 1.95. The van der Waals surface area contributed by atoms with Gasteiger partial charge in [0.15, 0.2) is 0 Å². The highest BCUT2D eigenvalue weighted by molar-refractivity contribution is 7.99. The summed E-state index contributed by atoms with van der Waals surface area (Å²) in [7, 11) is 0. The third kappa shape index (κ3) is 5.85. The molecule has 15 heavy (non-hydrogen) atoms. The van der Waals surface area contributed by atoms with Crippen LogP contribution in [0.1, 0.15) is 32.4 Å². The smallest absolute Gasteiger partial charge is 0.255 e. The van der Waals surface area contributed by atoms with E-state index in [2.05, 4.69) is 24.1 Å². The van der Waals surface area contributed by atoms with Gasteiger partial charge in [-0.15, -0.1) is 0 Å². The molecule has 4 heteroatoms. The second-order valence-corrected chi connectivity index (χ2v) is 4.97. The van der Waals surface area contributed by atoms with Crippen LogP contribution in [0.15, 0.2) is 15.9 Å². The molecule has 1 N–H and O–H groups in total. The van der Waals surface area contributed by atoms with Gasteiger partial charge in [-0.1, -0.05) is 25.6 Å². The van der Waals surface area contributed by atoms with Crippen LogP contribution in [0, 0.1) is 6.92 Å². The van der Waals surface area contributed by atoms with Crippen LogP contribution in [0.4, 0.5) is 0 Å². The summed E-state index contributed by atoms with van der Waals surface area (Å²) in [6.07, 6.45) is 4.11. The van der Waals surface area contributed by atoms with E-state index < -0.39 is 0 Å². The number of oxazole rings is 1. The molecule has 0 fully saturated rings. The molecule has 0 aliphatic carbocycles. The van der Waals surface area contributed by atoms with Crippen LogP contribution in [-0.4, -0.2) is 23.3 Å². The average Bonchev–Trinajstić information content (AvgIpc) is 2.57. The van der Waals surface area contributed by atoms with E-state index in [1.807, 2.05) is 6.92 Å². The monoisotopic (exact) mass is 228 g/mol. The largest absolute Gasteiger partial charge is 0.440 e. The molecule has 1 rings (SSSR count). The minimum Gasteiger partial charge on any atom is -0.440 e. The zero-order valence-electron chi connectivity index (χ0n) is 9.75. The second kappa shape index (κ2) is 6.90. The number of hydrogen-bond acceptors (Lipinski definition) is 4. The highest BCUT2D eigenvalue weighted by Crippen LogP contribution is 2.17. The molecule has 0 amide bonds. The maximum absolute atomic E-state index is 5.25. The van der Waals surface area contributed by atoms with Crippen molar-refractivity contribution in [3.8, 4) is 0 Å². The molecule has 0 aliphatic rings. The zero-order valence-corrected chi connectivity index (χ0v) is 10.6. The highest BCUT2D eigenvalue weighted by atomic mass is 32.2. The minimum atomic E-state index is 0.590. The van der Waals surface area contributed by atoms with Crippen molar-refractivity contribution in [2.75, 3.05) is 12.3 Å². The normalized spacial score (nSPS) is 11.2. The Morgan fingerprint density at radius 2 is 2.27 bits per heavy atom. The fraction of sp³-hybridized carbons (Fsp3) is 0.727. The van der Waals surface area contributed by atoms with E-state index in [-0.39, 0.29) is 0 Å². The highest BCUT2D eigenvalue weighted by Gasteiger charge is 2.00. The van der Waals surface area contributed by atoms with Gasteiger partial charge in [-0.05, 0) is 26.3 Å². The van der Waals surface area contributed by atoms with Gasteiger partial charge in [0.1, 0.15) is 6.26 Å². The van der Waals surface area contributed by atoms with Crippen molar-refractivity contribution >= 4 is 11.8 Å². The Kier molecular flexibility index (Phi) is 5.79. The number of thioether (sulfide) groups is 1. The summed E-state index contributed by atoms with van der Waals surface area (Å²) >= 11 is 1.69. The van der Waals surface area contributed by atoms with Crippen molar-refractivity contribution < 1.29 is 4.42 Å². The van der Waals surface area contributed by atoms with Crippen molar-refractivity contribution in [1.29, 1.82) is 0 Å². The molecule has 3 nitrogen and oxygen atoms in total. The molecule has 0 saturated carbocycles. The van der Waals surface area contributed by atoms with Crippen LogP contribution >= 0.6 is 11.8 Å². The molecule has 0 spiro atoms. The molecular weight excluding hydrogens is 208 g/mol. The van der Waals surface area contributed by atoms with E-state index in [4.69, 9.17) is 4.42 Å². The molecule has 1 aromatic rings. The molecule has 0 atom stereocenters. The maximum Gasteiger partial charge on any atom is 0.255 e. The Morgan fingerprint density at radius 3 is 2.87 bits per heavy atom. The topological polar surface area (TPSA) is 38.1 Å². The first-order chi connectivity index (χ1) is 7.18. The minimum absolute atomic E-state index is 0.590. The second-order valence-electron chi connectivity index (χ2n) is 3.92. The summed E-state index contributed by atoms with van der Waals surface area (Å²) in [5, 5.41) is 4.20. The first kappa shape index (κ1) is 12.6. The van der Waals surface area contributed by atoms with Crippen LogP contribution in [0.2, 0.25) is 0 Å². The molecule has 0 unspecified atom stereocenters. The molecule has 0 saturated heterocycles. The molecular formula is C11H20N2OS. The lowest BCUT2D eigenvalue weighted by atomic mass is 10.3. The van der Waals surface area contributed by atoms with E-state index in [1.54, 1.807) is 18.0 Å². The number of unbranched alkanes of at least 4 members (excludes halogenated alkanes) is 1. The van der Waals surface area contributed by atoms with E-state index >= 15 is 0 Å². The van der Waals surface area contributed by atoms with Gasteiger partial charge in [-0.2, -0.15) is 0 Å². The van der Waals surface area contributed by atoms with Crippen LogP contribution in [-0.2, 0) is 0 Å². The van der Waals surface area contributed by atoms with Gasteiger partial charge >= 0.3 is 0 Å². The predicted molar refractivity (Wildman–Crippen MR) is 64.3 cm³/mol. The van der Waals surface area contributed by atoms with Gasteiger partial charge < -0.3 is 9.73 Å². The number of hydrogen-bond donors (Lipinski definition) is 1. The Hall–Kier alpha value is -0.480. The van der Waals surface area contributed by atoms with Crippen LogP contribution < -0.4 is 5.32 Å². The van der Waals surface area contributed by atoms with Crippen molar-refractivity contribution in [3.63, 3.8) is 0 Å². The lowest BCUT2D eigenvalue weighted by Gasteiger charge is -2.06. The Balaban J connectivity index is 1.98. The number of nitrogens with zero attached hydrogens (tertiary/aromatic N) is 1. The molecule has 0 bridgehead atoms. The molecule has 0 aliphatic heterocycles. The number of aryl methyl sites for hydroxylation is 1. The van der Waals surface area contributed by atoms with Gasteiger partial charge in [0.05, 0.1) is 5.69 Å². The van der Waals surface area contributed by atoms with Gasteiger partial charge in [0.25, 0.3) is 5.22 Å². The number of nitrogens with one attached hydrogen (secondary N) is 1. The van der Waals surface area contributed by atoms with Crippen LogP contribution in [0.3, 0.4) is 0 Å². The quantitative estimate of drug-likeness (QED) is 0.575. The Labute approximate surface area is 96.0 Å². The Morgan fingerprint density at radius 1 is 1.47 bits per heavy atom. The predicted octanol–water partition coefficient (Wildman–Crippen LogP) is 2.85. The standard InChI is InChI=1S/C11H20N2OS/c1-9(2)12-6-4-5-7-15-11-13-10(3)8-14-11/h8-9,12H,4-7H2,1-3H3. The summed E-state index contributed by atoms with van der Waals surface area (Å²) in [6, 6.07) is 0.590. The SMILES string of the molecule is Cc1coc(SCCCCNC(C)C)n1. The fourth-order valence-corrected chi connectivity index (χ4v) is 2.02. The third-order valence-corrected chi connectivity index (χ3v) is 2.87. The number of rotatable bonds is 7. The zero-order chi connectivity index (χ0) is 11.1. The van der Waals surface area contributed by atoms with E-state index in [1.165, 1.54) is 12.8 Å². The van der Waals surface area contributed by atoms with Crippen LogP contribution in [0.5, 0.6) is 0 Å². The van der Waals surface area contributed by atoms with Crippen molar-refractivity contribution in [2.24, 2.45) is 0 Å². The maximum atomic E-state index is 5.25. The molecule has 0 radical (unpaired) electrons. The van der Waals surface area contributed by atoms with Crippen LogP contribution in [0.25, 0.3) is 0 Å². The van der Waals surface area contributed by atoms with Crippen molar-refractivity contribution in [2.45, 2.75) is 44.9 Å². The summed E-state index contributed by atoms with van der Waals surface area (Å²) in [5.41, 5.74) is 0.957. The summed E-state index contributed by atoms with van der Waals surface area (Å²) < 4.78 is 5.25. The summed E-state index contributed by atoms with van der Waals surface area (Å²) in [4.78, 5) is 4.24. The van der Waals surface area contributed by atoms with E-state index in [0.717, 1.165) is 23.2 Å². The van der Waals surface area contributed by atoms with Gasteiger partial charge in [0, 0.05) is 11.8 Å². The molecule has 86 valence electrons. The first-order valence-corrected chi connectivity index (χ1v) is 6.45. The van der Waals surface area contributed by atoms with Gasteiger partial charge in [-0.25, -0.2) is 4.98 Å². The molecule has 0 aromatic carbocycles. The lowest BCUT2D eigenvalue weighted by molar-refractivity contribution is 0.453.